The second kappa shape index (κ2) is 7.41. The Kier molecular flexibility index (Phi) is 5.03. The smallest absolute Gasteiger partial charge is 0.337 e. The molecule has 0 spiro atoms. The highest BCUT2D eigenvalue weighted by atomic mass is 16.5. The summed E-state index contributed by atoms with van der Waals surface area (Å²) in [6, 6.07) is 8.46. The van der Waals surface area contributed by atoms with Gasteiger partial charge in [-0.2, -0.15) is 5.10 Å². The largest absolute Gasteiger partial charge is 0.478 e. The van der Waals surface area contributed by atoms with Gasteiger partial charge in [0, 0.05) is 6.04 Å². The fourth-order valence-corrected chi connectivity index (χ4v) is 2.71. The highest BCUT2D eigenvalue weighted by Gasteiger charge is 2.16. The predicted octanol–water partition coefficient (Wildman–Crippen LogP) is 3.67. The molecule has 0 atom stereocenters. The van der Waals surface area contributed by atoms with Crippen molar-refractivity contribution in [3.05, 3.63) is 58.9 Å². The van der Waals surface area contributed by atoms with Crippen LogP contribution in [-0.2, 0) is 4.74 Å². The molecule has 0 saturated carbocycles. The van der Waals surface area contributed by atoms with Crippen LogP contribution in [0, 0.1) is 0 Å². The standard InChI is InChI=1S/C20H19N3O4/c1-12(2)23-18-17(11-21-23)16(19(24)25)10-15(22-18)9-6-13-4-7-14(8-5-13)20(26)27-3/h4-12H,1-3H3,(H,24,25)/b9-6+. The van der Waals surface area contributed by atoms with E-state index in [2.05, 4.69) is 14.8 Å². The lowest BCUT2D eigenvalue weighted by Gasteiger charge is -2.07. The SMILES string of the molecule is COC(=O)c1ccc(/C=C/c2cc(C(=O)O)c3cnn(C(C)C)c3n2)cc1. The zero-order chi connectivity index (χ0) is 19.6. The van der Waals surface area contributed by atoms with Crippen molar-refractivity contribution in [2.45, 2.75) is 19.9 Å². The van der Waals surface area contributed by atoms with Crippen molar-refractivity contribution in [1.82, 2.24) is 14.8 Å². The second-order valence-corrected chi connectivity index (χ2v) is 6.27. The molecule has 7 nitrogen and oxygen atoms in total. The zero-order valence-corrected chi connectivity index (χ0v) is 15.2. The molecule has 0 saturated heterocycles. The van der Waals surface area contributed by atoms with Crippen molar-refractivity contribution < 1.29 is 19.4 Å². The summed E-state index contributed by atoms with van der Waals surface area (Å²) in [6.45, 7) is 3.92. The van der Waals surface area contributed by atoms with Gasteiger partial charge in [0.2, 0.25) is 0 Å². The van der Waals surface area contributed by atoms with E-state index in [1.54, 1.807) is 41.1 Å². The number of nitrogens with zero attached hydrogens (tertiary/aromatic N) is 3. The van der Waals surface area contributed by atoms with Crippen LogP contribution in [0.3, 0.4) is 0 Å². The Morgan fingerprint density at radius 1 is 1.19 bits per heavy atom. The number of hydrogen-bond donors (Lipinski definition) is 1. The minimum atomic E-state index is -1.03. The Bertz CT molecular complexity index is 1030. The molecule has 0 aliphatic carbocycles. The van der Waals surface area contributed by atoms with Gasteiger partial charge in [0.1, 0.15) is 0 Å². The molecule has 1 aromatic carbocycles. The van der Waals surface area contributed by atoms with Gasteiger partial charge in [0.15, 0.2) is 5.65 Å². The molecule has 0 bridgehead atoms. The summed E-state index contributed by atoms with van der Waals surface area (Å²) < 4.78 is 6.37. The summed E-state index contributed by atoms with van der Waals surface area (Å²) in [4.78, 5) is 27.6. The van der Waals surface area contributed by atoms with E-state index in [4.69, 9.17) is 0 Å². The van der Waals surface area contributed by atoms with E-state index in [9.17, 15) is 14.7 Å². The van der Waals surface area contributed by atoms with E-state index >= 15 is 0 Å². The molecule has 2 aromatic heterocycles. The van der Waals surface area contributed by atoms with Gasteiger partial charge in [0.25, 0.3) is 0 Å². The van der Waals surface area contributed by atoms with Gasteiger partial charge >= 0.3 is 11.9 Å². The third-order valence-electron chi connectivity index (χ3n) is 4.08. The number of aromatic nitrogens is 3. The third kappa shape index (κ3) is 3.72. The lowest BCUT2D eigenvalue weighted by atomic mass is 10.1. The number of rotatable bonds is 5. The third-order valence-corrected chi connectivity index (χ3v) is 4.08. The lowest BCUT2D eigenvalue weighted by molar-refractivity contribution is 0.0600. The summed E-state index contributed by atoms with van der Waals surface area (Å²) in [7, 11) is 1.33. The average molecular weight is 365 g/mol. The van der Waals surface area contributed by atoms with Crippen LogP contribution in [0.25, 0.3) is 23.2 Å². The van der Waals surface area contributed by atoms with Crippen molar-refractivity contribution in [2.75, 3.05) is 7.11 Å². The van der Waals surface area contributed by atoms with Gasteiger partial charge < -0.3 is 9.84 Å². The predicted molar refractivity (Wildman–Crippen MR) is 102 cm³/mol. The van der Waals surface area contributed by atoms with Gasteiger partial charge in [-0.25, -0.2) is 19.3 Å². The van der Waals surface area contributed by atoms with E-state index in [1.165, 1.54) is 19.4 Å². The number of hydrogen-bond acceptors (Lipinski definition) is 5. The number of aromatic carboxylic acids is 1. The van der Waals surface area contributed by atoms with Crippen LogP contribution >= 0.6 is 0 Å². The highest BCUT2D eigenvalue weighted by molar-refractivity contribution is 6.02. The molecule has 0 fully saturated rings. The minimum Gasteiger partial charge on any atom is -0.478 e. The summed E-state index contributed by atoms with van der Waals surface area (Å²) in [5.74, 6) is -1.42. The van der Waals surface area contributed by atoms with Gasteiger partial charge in [0.05, 0.1) is 35.5 Å². The molecule has 0 aliphatic heterocycles. The normalized spacial score (nSPS) is 11.4. The maximum atomic E-state index is 11.6. The fraction of sp³-hybridized carbons (Fsp3) is 0.200. The van der Waals surface area contributed by atoms with E-state index < -0.39 is 11.9 Å². The fourth-order valence-electron chi connectivity index (χ4n) is 2.71. The highest BCUT2D eigenvalue weighted by Crippen LogP contribution is 2.22. The van der Waals surface area contributed by atoms with Crippen LogP contribution in [0.5, 0.6) is 0 Å². The molecule has 27 heavy (non-hydrogen) atoms. The van der Waals surface area contributed by atoms with E-state index in [1.807, 2.05) is 13.8 Å². The molecule has 138 valence electrons. The Labute approximate surface area is 155 Å². The maximum Gasteiger partial charge on any atom is 0.337 e. The summed E-state index contributed by atoms with van der Waals surface area (Å²) in [5.41, 5.74) is 2.51. The van der Waals surface area contributed by atoms with Gasteiger partial charge in [-0.1, -0.05) is 18.2 Å². The lowest BCUT2D eigenvalue weighted by Crippen LogP contribution is -2.05. The molecule has 0 aliphatic rings. The van der Waals surface area contributed by atoms with Gasteiger partial charge in [-0.05, 0) is 43.7 Å². The summed E-state index contributed by atoms with van der Waals surface area (Å²) in [6.07, 6.45) is 5.07. The molecule has 7 heteroatoms. The molecule has 3 rings (SSSR count). The van der Waals surface area contributed by atoms with Crippen LogP contribution in [0.2, 0.25) is 0 Å². The van der Waals surface area contributed by atoms with Crippen molar-refractivity contribution in [3.63, 3.8) is 0 Å². The molecule has 0 amide bonds. The Balaban J connectivity index is 1.98. The van der Waals surface area contributed by atoms with Gasteiger partial charge in [-0.3, -0.25) is 0 Å². The Morgan fingerprint density at radius 2 is 1.89 bits per heavy atom. The van der Waals surface area contributed by atoms with Crippen LogP contribution < -0.4 is 0 Å². The topological polar surface area (TPSA) is 94.3 Å². The number of esters is 1. The van der Waals surface area contributed by atoms with Crippen molar-refractivity contribution >= 4 is 35.1 Å². The summed E-state index contributed by atoms with van der Waals surface area (Å²) >= 11 is 0. The number of methoxy groups -OCH3 is 1. The number of carboxylic acids is 1. The Hall–Kier alpha value is -3.48. The Morgan fingerprint density at radius 3 is 2.48 bits per heavy atom. The van der Waals surface area contributed by atoms with Crippen LogP contribution in [0.4, 0.5) is 0 Å². The first-order valence-electron chi connectivity index (χ1n) is 8.38. The first kappa shape index (κ1) is 18.3. The quantitative estimate of drug-likeness (QED) is 0.693. The number of pyridine rings is 1. The molecule has 2 heterocycles. The maximum absolute atomic E-state index is 11.6. The first-order valence-corrected chi connectivity index (χ1v) is 8.38. The second-order valence-electron chi connectivity index (χ2n) is 6.27. The number of carboxylic acid groups (broad SMARTS) is 1. The van der Waals surface area contributed by atoms with Crippen LogP contribution in [0.15, 0.2) is 36.5 Å². The average Bonchev–Trinajstić information content (AvgIpc) is 3.09. The van der Waals surface area contributed by atoms with Crippen molar-refractivity contribution in [2.24, 2.45) is 0 Å². The summed E-state index contributed by atoms with van der Waals surface area (Å²) in [5, 5.41) is 14.3. The van der Waals surface area contributed by atoms with E-state index in [0.29, 0.717) is 22.3 Å². The van der Waals surface area contributed by atoms with E-state index in [0.717, 1.165) is 5.56 Å². The monoisotopic (exact) mass is 365 g/mol. The van der Waals surface area contributed by atoms with Gasteiger partial charge in [-0.15, -0.1) is 0 Å². The molecule has 0 radical (unpaired) electrons. The minimum absolute atomic E-state index is 0.0572. The molecule has 3 aromatic rings. The number of benzene rings is 1. The number of carbonyl (C=O) groups is 2. The molecule has 1 N–H and O–H groups in total. The molecular formula is C20H19N3O4. The molecular weight excluding hydrogens is 346 g/mol. The first-order chi connectivity index (χ1) is 12.9. The zero-order valence-electron chi connectivity index (χ0n) is 15.2. The number of fused-ring (bicyclic) bond motifs is 1. The molecule has 0 unspecified atom stereocenters. The van der Waals surface area contributed by atoms with Crippen LogP contribution in [-0.4, -0.2) is 38.9 Å². The number of carbonyl (C=O) groups excluding carboxylic acids is 1. The van der Waals surface area contributed by atoms with Crippen molar-refractivity contribution in [1.29, 1.82) is 0 Å². The van der Waals surface area contributed by atoms with E-state index in [-0.39, 0.29) is 11.6 Å². The van der Waals surface area contributed by atoms with Crippen LogP contribution in [0.1, 0.15) is 51.9 Å². The number of ether oxygens (including phenoxy) is 1. The van der Waals surface area contributed by atoms with Crippen molar-refractivity contribution in [3.8, 4) is 0 Å².